The average molecular weight is 440 g/mol. The summed E-state index contributed by atoms with van der Waals surface area (Å²) >= 11 is 2.74. The Morgan fingerprint density at radius 1 is 1.07 bits per heavy atom. The summed E-state index contributed by atoms with van der Waals surface area (Å²) in [6.07, 6.45) is 0. The third-order valence-corrected chi connectivity index (χ3v) is 6.69. The molecule has 0 amide bonds. The molecule has 2 aromatic heterocycles. The average Bonchev–Trinajstić information content (AvgIpc) is 3.33. The fraction of sp³-hybridized carbons (Fsp3) is 0.200. The summed E-state index contributed by atoms with van der Waals surface area (Å²) in [5.41, 5.74) is 2.77. The third kappa shape index (κ3) is 3.17. The number of benzene rings is 2. The van der Waals surface area contributed by atoms with Crippen LogP contribution in [0.4, 0.5) is 0 Å². The van der Waals surface area contributed by atoms with E-state index in [-0.39, 0.29) is 11.4 Å². The predicted molar refractivity (Wildman–Crippen MR) is 117 cm³/mol. The van der Waals surface area contributed by atoms with Crippen LogP contribution < -0.4 is 14.3 Å². The minimum atomic E-state index is -0.0895. The summed E-state index contributed by atoms with van der Waals surface area (Å²) in [6.45, 7) is 0.257. The van der Waals surface area contributed by atoms with Crippen LogP contribution in [0.25, 0.3) is 10.2 Å². The van der Waals surface area contributed by atoms with E-state index in [1.54, 1.807) is 35.2 Å². The maximum Gasteiger partial charge on any atom is 0.308 e. The van der Waals surface area contributed by atoms with Gasteiger partial charge in [0.25, 0.3) is 0 Å². The topological polar surface area (TPSA) is 83.5 Å². The highest BCUT2D eigenvalue weighted by molar-refractivity contribution is 7.99. The van der Waals surface area contributed by atoms with Gasteiger partial charge < -0.3 is 9.47 Å². The van der Waals surface area contributed by atoms with Gasteiger partial charge in [-0.25, -0.2) is 0 Å². The fourth-order valence-corrected chi connectivity index (χ4v) is 5.08. The predicted octanol–water partition coefficient (Wildman–Crippen LogP) is 3.08. The first-order valence-electron chi connectivity index (χ1n) is 9.13. The van der Waals surface area contributed by atoms with Gasteiger partial charge in [0.1, 0.15) is 0 Å². The highest BCUT2D eigenvalue weighted by Gasteiger charge is 2.21. The highest BCUT2D eigenvalue weighted by atomic mass is 32.2. The van der Waals surface area contributed by atoms with Crippen molar-refractivity contribution in [2.24, 2.45) is 5.10 Å². The van der Waals surface area contributed by atoms with Gasteiger partial charge in [-0.3, -0.25) is 9.36 Å². The Bertz CT molecular complexity index is 1320. The van der Waals surface area contributed by atoms with Gasteiger partial charge in [0.2, 0.25) is 5.16 Å². The minimum Gasteiger partial charge on any atom is -0.493 e. The summed E-state index contributed by atoms with van der Waals surface area (Å²) in [5, 5.41) is 14.0. The van der Waals surface area contributed by atoms with E-state index in [0.29, 0.717) is 17.3 Å². The fourth-order valence-electron chi connectivity index (χ4n) is 3.32. The second kappa shape index (κ2) is 7.62. The van der Waals surface area contributed by atoms with Crippen LogP contribution in [0, 0.1) is 0 Å². The van der Waals surface area contributed by atoms with Gasteiger partial charge in [0.05, 0.1) is 36.7 Å². The number of nitrogens with zero attached hydrogens (tertiary/aromatic N) is 5. The smallest absolute Gasteiger partial charge is 0.308 e. The molecule has 2 aromatic carbocycles. The Labute approximate surface area is 179 Å². The Hall–Kier alpha value is -3.11. The molecule has 10 heteroatoms. The number of thioether (sulfide) groups is 1. The molecule has 3 heterocycles. The van der Waals surface area contributed by atoms with E-state index in [1.165, 1.54) is 0 Å². The third-order valence-electron chi connectivity index (χ3n) is 4.82. The summed E-state index contributed by atoms with van der Waals surface area (Å²) in [6, 6.07) is 13.7. The van der Waals surface area contributed by atoms with E-state index in [0.717, 1.165) is 43.7 Å². The zero-order chi connectivity index (χ0) is 20.7. The Balaban J connectivity index is 1.57. The van der Waals surface area contributed by atoms with Crippen LogP contribution in [0.3, 0.4) is 0 Å². The van der Waals surface area contributed by atoms with E-state index in [4.69, 9.17) is 14.6 Å². The van der Waals surface area contributed by atoms with Crippen molar-refractivity contribution in [2.75, 3.05) is 20.0 Å². The SMILES string of the molecule is COc1cc2sc(=O)n(Cc3nnc4n3N=C(c3ccccc3)CS4)c2cc1OC. The van der Waals surface area contributed by atoms with Crippen molar-refractivity contribution in [3.05, 3.63) is 63.5 Å². The molecule has 0 bridgehead atoms. The van der Waals surface area contributed by atoms with Gasteiger partial charge in [-0.05, 0) is 5.56 Å². The van der Waals surface area contributed by atoms with Crippen LogP contribution >= 0.6 is 23.1 Å². The maximum absolute atomic E-state index is 12.7. The van der Waals surface area contributed by atoms with Gasteiger partial charge in [0, 0.05) is 17.9 Å². The van der Waals surface area contributed by atoms with Crippen molar-refractivity contribution in [1.82, 2.24) is 19.4 Å². The van der Waals surface area contributed by atoms with Gasteiger partial charge in [0.15, 0.2) is 17.3 Å². The molecule has 4 aromatic rings. The standard InChI is InChI=1S/C20H17N5O3S2/c1-27-15-8-14-17(9-16(15)28-2)30-20(26)24(14)10-18-21-22-19-25(18)23-13(11-29-19)12-6-4-3-5-7-12/h3-9H,10-11H2,1-2H3. The second-order valence-corrected chi connectivity index (χ2v) is 8.48. The van der Waals surface area contributed by atoms with E-state index in [1.807, 2.05) is 42.5 Å². The Kier molecular flexibility index (Phi) is 4.80. The molecular formula is C20H17N5O3S2. The highest BCUT2D eigenvalue weighted by Crippen LogP contribution is 2.33. The monoisotopic (exact) mass is 439 g/mol. The molecule has 0 spiro atoms. The van der Waals surface area contributed by atoms with Crippen molar-refractivity contribution >= 4 is 39.0 Å². The minimum absolute atomic E-state index is 0.0895. The van der Waals surface area contributed by atoms with Crippen LogP contribution in [-0.2, 0) is 6.54 Å². The zero-order valence-corrected chi connectivity index (χ0v) is 17.9. The number of ether oxygens (including phenoxy) is 2. The second-order valence-electron chi connectivity index (χ2n) is 6.54. The number of methoxy groups -OCH3 is 2. The number of rotatable bonds is 5. The molecule has 152 valence electrons. The van der Waals surface area contributed by atoms with Gasteiger partial charge in [-0.1, -0.05) is 53.4 Å². The molecule has 0 fully saturated rings. The van der Waals surface area contributed by atoms with Crippen molar-refractivity contribution in [3.63, 3.8) is 0 Å². The van der Waals surface area contributed by atoms with E-state index >= 15 is 0 Å². The normalized spacial score (nSPS) is 13.2. The molecule has 0 saturated carbocycles. The summed E-state index contributed by atoms with van der Waals surface area (Å²) in [5.74, 6) is 2.48. The van der Waals surface area contributed by atoms with Gasteiger partial charge >= 0.3 is 4.87 Å². The Morgan fingerprint density at radius 2 is 1.83 bits per heavy atom. The molecule has 0 aliphatic carbocycles. The first-order chi connectivity index (χ1) is 14.7. The molecule has 0 saturated heterocycles. The number of hydrogen-bond donors (Lipinski definition) is 0. The lowest BCUT2D eigenvalue weighted by Gasteiger charge is -2.14. The zero-order valence-electron chi connectivity index (χ0n) is 16.2. The van der Waals surface area contributed by atoms with E-state index < -0.39 is 0 Å². The van der Waals surface area contributed by atoms with Crippen molar-refractivity contribution in [1.29, 1.82) is 0 Å². The first kappa shape index (κ1) is 18.9. The lowest BCUT2D eigenvalue weighted by molar-refractivity contribution is 0.355. The molecule has 8 nitrogen and oxygen atoms in total. The largest absolute Gasteiger partial charge is 0.493 e. The summed E-state index contributed by atoms with van der Waals surface area (Å²) in [7, 11) is 3.15. The van der Waals surface area contributed by atoms with Crippen LogP contribution in [0.1, 0.15) is 11.4 Å². The number of aromatic nitrogens is 4. The van der Waals surface area contributed by atoms with Crippen molar-refractivity contribution < 1.29 is 9.47 Å². The molecule has 0 N–H and O–H groups in total. The van der Waals surface area contributed by atoms with Crippen LogP contribution in [-0.4, -0.2) is 45.1 Å². The number of hydrogen-bond acceptors (Lipinski definition) is 8. The summed E-state index contributed by atoms with van der Waals surface area (Å²) < 4.78 is 15.0. The molecule has 1 aliphatic heterocycles. The van der Waals surface area contributed by atoms with E-state index in [9.17, 15) is 4.79 Å². The number of thiazole rings is 1. The molecule has 1 aliphatic rings. The molecular weight excluding hydrogens is 422 g/mol. The van der Waals surface area contributed by atoms with E-state index in [2.05, 4.69) is 10.2 Å². The summed E-state index contributed by atoms with van der Waals surface area (Å²) in [4.78, 5) is 12.6. The first-order valence-corrected chi connectivity index (χ1v) is 10.9. The maximum atomic E-state index is 12.7. The molecule has 0 radical (unpaired) electrons. The molecule has 0 atom stereocenters. The quantitative estimate of drug-likeness (QED) is 0.475. The van der Waals surface area contributed by atoms with Crippen LogP contribution in [0.15, 0.2) is 57.5 Å². The van der Waals surface area contributed by atoms with Gasteiger partial charge in [-0.2, -0.15) is 9.78 Å². The lowest BCUT2D eigenvalue weighted by Crippen LogP contribution is -2.19. The molecule has 0 unspecified atom stereocenters. The van der Waals surface area contributed by atoms with Gasteiger partial charge in [-0.15, -0.1) is 10.2 Å². The van der Waals surface area contributed by atoms with Crippen molar-refractivity contribution in [3.8, 4) is 11.5 Å². The Morgan fingerprint density at radius 3 is 2.60 bits per heavy atom. The van der Waals surface area contributed by atoms with Crippen molar-refractivity contribution in [2.45, 2.75) is 11.7 Å². The van der Waals surface area contributed by atoms with Crippen LogP contribution in [0.5, 0.6) is 11.5 Å². The van der Waals surface area contributed by atoms with Crippen LogP contribution in [0.2, 0.25) is 0 Å². The number of fused-ring (bicyclic) bond motifs is 2. The molecule has 5 rings (SSSR count). The molecule has 30 heavy (non-hydrogen) atoms. The lowest BCUT2D eigenvalue weighted by atomic mass is 10.1.